The summed E-state index contributed by atoms with van der Waals surface area (Å²) in [5.74, 6) is -0.362. The number of benzene rings is 1. The van der Waals surface area contributed by atoms with Crippen LogP contribution in [-0.4, -0.2) is 58.0 Å². The molecule has 2 atom stereocenters. The number of hydrogen-bond acceptors (Lipinski definition) is 8. The van der Waals surface area contributed by atoms with E-state index < -0.39 is 11.9 Å². The monoisotopic (exact) mass is 513 g/mol. The van der Waals surface area contributed by atoms with Gasteiger partial charge < -0.3 is 25.3 Å². The van der Waals surface area contributed by atoms with Crippen LogP contribution in [0.2, 0.25) is 0 Å². The number of amides is 2. The molecule has 1 aliphatic carbocycles. The Morgan fingerprint density at radius 2 is 1.97 bits per heavy atom. The number of aliphatic hydroxyl groups excluding tert-OH is 1. The van der Waals surface area contributed by atoms with Crippen LogP contribution in [0.3, 0.4) is 0 Å². The van der Waals surface area contributed by atoms with Gasteiger partial charge in [0.1, 0.15) is 29.4 Å². The first-order valence-electron chi connectivity index (χ1n) is 12.4. The van der Waals surface area contributed by atoms with Gasteiger partial charge in [0.05, 0.1) is 12.8 Å². The third-order valence-electron chi connectivity index (χ3n) is 6.75. The minimum Gasteiger partial charge on any atom is -0.494 e. The molecule has 3 N–H and O–H groups in total. The highest BCUT2D eigenvalue weighted by atomic mass is 19.1. The van der Waals surface area contributed by atoms with E-state index in [4.69, 9.17) is 9.57 Å². The number of nitrogens with one attached hydrogen (secondary N) is 2. The van der Waals surface area contributed by atoms with Crippen LogP contribution in [0.5, 0.6) is 5.75 Å². The minimum atomic E-state index is -1.01. The molecular formula is C26H32FN5O5. The zero-order valence-electron chi connectivity index (χ0n) is 21.2. The predicted octanol–water partition coefficient (Wildman–Crippen LogP) is 2.41. The average molecular weight is 514 g/mol. The molecule has 0 radical (unpaired) electrons. The topological polar surface area (TPSA) is 135 Å². The van der Waals surface area contributed by atoms with Crippen LogP contribution in [0.1, 0.15) is 66.6 Å². The summed E-state index contributed by atoms with van der Waals surface area (Å²) in [5, 5.41) is 19.3. The number of carbonyl (C=O) groups excluding carboxylic acids is 2. The maximum Gasteiger partial charge on any atom is 0.270 e. The van der Waals surface area contributed by atoms with Crippen LogP contribution >= 0.6 is 0 Å². The lowest BCUT2D eigenvalue weighted by molar-refractivity contribution is -0.129. The van der Waals surface area contributed by atoms with Gasteiger partial charge in [0.2, 0.25) is 5.91 Å². The van der Waals surface area contributed by atoms with E-state index in [9.17, 15) is 19.1 Å². The molecule has 0 bridgehead atoms. The average Bonchev–Trinajstić information content (AvgIpc) is 3.38. The Hall–Kier alpha value is -3.60. The lowest BCUT2D eigenvalue weighted by Crippen LogP contribution is -2.43. The molecule has 1 aromatic carbocycles. The Morgan fingerprint density at radius 3 is 2.68 bits per heavy atom. The normalized spacial score (nSPS) is 22.0. The molecule has 1 aliphatic heterocycles. The molecular weight excluding hydrogens is 481 g/mol. The standard InChI is InChI=1S/C26H32FN5O5/c1-14(33)25(34)31-18-7-5-17(6-8-18)23-12-21(32-37-23)20-11-22(30-15(2)29-20)26(35)28-13-16-4-9-19(27)24(10-16)36-3/h4,9-11,14,17-18,23,33H,5-8,12-13H2,1-3H3,(H,28,35)(H,31,34)/t14-,17-,18-,23+/m0/s1. The van der Waals surface area contributed by atoms with E-state index in [0.29, 0.717) is 35.1 Å². The van der Waals surface area contributed by atoms with Crippen LogP contribution in [-0.2, 0) is 16.2 Å². The number of carbonyl (C=O) groups is 2. The van der Waals surface area contributed by atoms with Gasteiger partial charge in [-0.3, -0.25) is 9.59 Å². The molecule has 1 aromatic heterocycles. The Bertz CT molecular complexity index is 1180. The molecule has 1 fully saturated rings. The van der Waals surface area contributed by atoms with Crippen molar-refractivity contribution in [3.63, 3.8) is 0 Å². The first kappa shape index (κ1) is 26.5. The molecule has 2 amide bonds. The number of aryl methyl sites for hydroxylation is 1. The van der Waals surface area contributed by atoms with Gasteiger partial charge in [-0.2, -0.15) is 0 Å². The van der Waals surface area contributed by atoms with Gasteiger partial charge in [0.15, 0.2) is 11.6 Å². The third-order valence-corrected chi connectivity index (χ3v) is 6.75. The van der Waals surface area contributed by atoms with E-state index in [1.54, 1.807) is 19.1 Å². The van der Waals surface area contributed by atoms with E-state index in [1.165, 1.54) is 26.2 Å². The fourth-order valence-electron chi connectivity index (χ4n) is 4.68. The van der Waals surface area contributed by atoms with Crippen molar-refractivity contribution in [3.05, 3.63) is 52.9 Å². The molecule has 2 aliphatic rings. The summed E-state index contributed by atoms with van der Waals surface area (Å²) in [6.07, 6.45) is 2.85. The van der Waals surface area contributed by atoms with E-state index in [0.717, 1.165) is 25.7 Å². The summed E-state index contributed by atoms with van der Waals surface area (Å²) >= 11 is 0. The van der Waals surface area contributed by atoms with Crippen molar-refractivity contribution in [1.82, 2.24) is 20.6 Å². The summed E-state index contributed by atoms with van der Waals surface area (Å²) in [6, 6.07) is 6.06. The van der Waals surface area contributed by atoms with E-state index in [1.807, 2.05) is 0 Å². The van der Waals surface area contributed by atoms with Crippen molar-refractivity contribution in [2.45, 2.75) is 70.7 Å². The second-order valence-electron chi connectivity index (χ2n) is 9.52. The van der Waals surface area contributed by atoms with Gasteiger partial charge in [0, 0.05) is 19.0 Å². The number of oxime groups is 1. The van der Waals surface area contributed by atoms with Crippen LogP contribution in [0.25, 0.3) is 0 Å². The second kappa shape index (κ2) is 11.6. The zero-order chi connectivity index (χ0) is 26.5. The van der Waals surface area contributed by atoms with Gasteiger partial charge in [-0.15, -0.1) is 0 Å². The molecule has 1 saturated carbocycles. The molecule has 10 nitrogen and oxygen atoms in total. The number of ether oxygens (including phenoxy) is 1. The van der Waals surface area contributed by atoms with Gasteiger partial charge in [-0.25, -0.2) is 14.4 Å². The summed E-state index contributed by atoms with van der Waals surface area (Å²) < 4.78 is 18.6. The Balaban J connectivity index is 1.33. The van der Waals surface area contributed by atoms with Gasteiger partial charge >= 0.3 is 0 Å². The van der Waals surface area contributed by atoms with E-state index in [-0.39, 0.29) is 41.9 Å². The first-order chi connectivity index (χ1) is 17.7. The number of aromatic nitrogens is 2. The number of rotatable bonds is 8. The number of aliphatic hydroxyl groups is 1. The molecule has 0 saturated heterocycles. The van der Waals surface area contributed by atoms with Crippen LogP contribution in [0.15, 0.2) is 29.4 Å². The van der Waals surface area contributed by atoms with Crippen molar-refractivity contribution in [3.8, 4) is 5.75 Å². The number of methoxy groups -OCH3 is 1. The summed E-state index contributed by atoms with van der Waals surface area (Å²) in [5.41, 5.74) is 2.10. The van der Waals surface area contributed by atoms with E-state index >= 15 is 0 Å². The smallest absolute Gasteiger partial charge is 0.270 e. The molecule has 0 spiro atoms. The van der Waals surface area contributed by atoms with Crippen molar-refractivity contribution in [1.29, 1.82) is 0 Å². The highest BCUT2D eigenvalue weighted by Crippen LogP contribution is 2.33. The Labute approximate surface area is 214 Å². The fourth-order valence-corrected chi connectivity index (χ4v) is 4.68. The second-order valence-corrected chi connectivity index (χ2v) is 9.52. The third kappa shape index (κ3) is 6.59. The lowest BCUT2D eigenvalue weighted by atomic mass is 9.81. The largest absolute Gasteiger partial charge is 0.494 e. The number of nitrogens with zero attached hydrogens (tertiary/aromatic N) is 3. The molecule has 198 valence electrons. The van der Waals surface area contributed by atoms with Crippen molar-refractivity contribution in [2.75, 3.05) is 7.11 Å². The number of hydrogen-bond donors (Lipinski definition) is 3. The van der Waals surface area contributed by atoms with Crippen LogP contribution < -0.4 is 15.4 Å². The van der Waals surface area contributed by atoms with Gasteiger partial charge in [-0.1, -0.05) is 11.2 Å². The zero-order valence-corrected chi connectivity index (χ0v) is 21.2. The summed E-state index contributed by atoms with van der Waals surface area (Å²) in [4.78, 5) is 39.0. The molecule has 0 unspecified atom stereocenters. The molecule has 2 aromatic rings. The highest BCUT2D eigenvalue weighted by molar-refractivity contribution is 6.01. The van der Waals surface area contributed by atoms with Crippen molar-refractivity contribution < 1.29 is 28.7 Å². The van der Waals surface area contributed by atoms with Crippen LogP contribution in [0.4, 0.5) is 4.39 Å². The van der Waals surface area contributed by atoms with Gasteiger partial charge in [0.25, 0.3) is 5.91 Å². The molecule has 4 rings (SSSR count). The lowest BCUT2D eigenvalue weighted by Gasteiger charge is -2.31. The van der Waals surface area contributed by atoms with Crippen LogP contribution in [0, 0.1) is 18.7 Å². The summed E-state index contributed by atoms with van der Waals surface area (Å²) in [7, 11) is 1.38. The quantitative estimate of drug-likeness (QED) is 0.493. The maximum absolute atomic E-state index is 13.6. The molecule has 11 heteroatoms. The van der Waals surface area contributed by atoms with Gasteiger partial charge in [-0.05, 0) is 69.2 Å². The Morgan fingerprint density at radius 1 is 1.22 bits per heavy atom. The molecule has 37 heavy (non-hydrogen) atoms. The highest BCUT2D eigenvalue weighted by Gasteiger charge is 2.34. The van der Waals surface area contributed by atoms with E-state index in [2.05, 4.69) is 25.8 Å². The Kier molecular flexibility index (Phi) is 8.32. The van der Waals surface area contributed by atoms with Crippen molar-refractivity contribution >= 4 is 17.5 Å². The van der Waals surface area contributed by atoms with Crippen molar-refractivity contribution in [2.24, 2.45) is 11.1 Å². The summed E-state index contributed by atoms with van der Waals surface area (Å²) in [6.45, 7) is 3.35. The SMILES string of the molecule is COc1cc(CNC(=O)c2cc(C3=NO[C@@H]([C@H]4CC[C@H](NC(=O)[C@H](C)O)CC4)C3)nc(C)n2)ccc1F. The predicted molar refractivity (Wildman–Crippen MR) is 132 cm³/mol. The molecule has 2 heterocycles. The maximum atomic E-state index is 13.6. The first-order valence-corrected chi connectivity index (χ1v) is 12.4. The number of halogens is 1. The minimum absolute atomic E-state index is 0.0572. The fraction of sp³-hybridized carbons (Fsp3) is 0.500.